The smallest absolute Gasteiger partial charge is 0.252 e. The van der Waals surface area contributed by atoms with Crippen molar-refractivity contribution in [2.24, 2.45) is 0 Å². The number of benzene rings is 2. The molecule has 0 spiro atoms. The number of carbonyl (C=O) groups excluding carboxylic acids is 1. The van der Waals surface area contributed by atoms with E-state index in [2.05, 4.69) is 10.3 Å². The maximum Gasteiger partial charge on any atom is 0.252 e. The lowest BCUT2D eigenvalue weighted by Gasteiger charge is -2.04. The zero-order chi connectivity index (χ0) is 16.5. The van der Waals surface area contributed by atoms with Gasteiger partial charge in [-0.05, 0) is 29.8 Å². The van der Waals surface area contributed by atoms with Gasteiger partial charge in [-0.25, -0.2) is 0 Å². The average molecular weight is 322 g/mol. The van der Waals surface area contributed by atoms with Crippen LogP contribution in [0.2, 0.25) is 0 Å². The van der Waals surface area contributed by atoms with Crippen LogP contribution in [0.4, 0.5) is 0 Å². The SMILES string of the molecule is O=C1NCc2cccc(-c3cc4cc(OCCCO)ccc4[nH]3)c21. The van der Waals surface area contributed by atoms with Crippen LogP contribution in [0, 0.1) is 0 Å². The van der Waals surface area contributed by atoms with Crippen LogP contribution in [-0.2, 0) is 6.54 Å². The van der Waals surface area contributed by atoms with Crippen LogP contribution >= 0.6 is 0 Å². The number of rotatable bonds is 5. The van der Waals surface area contributed by atoms with E-state index in [0.29, 0.717) is 19.6 Å². The molecule has 1 aromatic heterocycles. The Balaban J connectivity index is 1.71. The van der Waals surface area contributed by atoms with Gasteiger partial charge < -0.3 is 20.1 Å². The molecule has 0 radical (unpaired) electrons. The number of aliphatic hydroxyl groups is 1. The van der Waals surface area contributed by atoms with E-state index in [9.17, 15) is 4.79 Å². The Bertz CT molecular complexity index is 914. The molecule has 1 aliphatic rings. The van der Waals surface area contributed by atoms with Gasteiger partial charge in [-0.15, -0.1) is 0 Å². The molecule has 0 unspecified atom stereocenters. The summed E-state index contributed by atoms with van der Waals surface area (Å²) in [6.07, 6.45) is 0.613. The number of H-pyrrole nitrogens is 1. The average Bonchev–Trinajstić information content (AvgIpc) is 3.18. The molecular formula is C19H18N2O3. The summed E-state index contributed by atoms with van der Waals surface area (Å²) < 4.78 is 5.62. The maximum atomic E-state index is 12.1. The van der Waals surface area contributed by atoms with Gasteiger partial charge in [-0.3, -0.25) is 4.79 Å². The number of fused-ring (bicyclic) bond motifs is 2. The summed E-state index contributed by atoms with van der Waals surface area (Å²) in [7, 11) is 0. The molecule has 5 nitrogen and oxygen atoms in total. The van der Waals surface area contributed by atoms with Gasteiger partial charge in [-0.2, -0.15) is 0 Å². The van der Waals surface area contributed by atoms with Crippen molar-refractivity contribution in [2.45, 2.75) is 13.0 Å². The molecule has 0 bridgehead atoms. The zero-order valence-electron chi connectivity index (χ0n) is 13.1. The van der Waals surface area contributed by atoms with E-state index >= 15 is 0 Å². The predicted octanol–water partition coefficient (Wildman–Crippen LogP) is 2.84. The number of aliphatic hydroxyl groups excluding tert-OH is 1. The molecule has 1 amide bonds. The molecule has 24 heavy (non-hydrogen) atoms. The Labute approximate surface area is 139 Å². The highest BCUT2D eigenvalue weighted by Gasteiger charge is 2.23. The molecule has 0 aliphatic carbocycles. The molecular weight excluding hydrogens is 304 g/mol. The second-order valence-corrected chi connectivity index (χ2v) is 5.88. The quantitative estimate of drug-likeness (QED) is 0.632. The Morgan fingerprint density at radius 2 is 2.08 bits per heavy atom. The second kappa shape index (κ2) is 6.02. The number of ether oxygens (including phenoxy) is 1. The van der Waals surface area contributed by atoms with Gasteiger partial charge in [-0.1, -0.05) is 18.2 Å². The molecule has 3 aromatic rings. The Hall–Kier alpha value is -2.79. The van der Waals surface area contributed by atoms with Gasteiger partial charge in [0.1, 0.15) is 5.75 Å². The van der Waals surface area contributed by atoms with Crippen LogP contribution in [0.1, 0.15) is 22.3 Å². The van der Waals surface area contributed by atoms with Crippen LogP contribution < -0.4 is 10.1 Å². The van der Waals surface area contributed by atoms with Gasteiger partial charge in [0, 0.05) is 41.7 Å². The van der Waals surface area contributed by atoms with Crippen molar-refractivity contribution in [2.75, 3.05) is 13.2 Å². The van der Waals surface area contributed by atoms with Crippen molar-refractivity contribution in [1.82, 2.24) is 10.3 Å². The van der Waals surface area contributed by atoms with E-state index in [4.69, 9.17) is 9.84 Å². The molecule has 1 aliphatic heterocycles. The fourth-order valence-corrected chi connectivity index (χ4v) is 3.10. The summed E-state index contributed by atoms with van der Waals surface area (Å²) in [5.74, 6) is 0.754. The molecule has 0 saturated carbocycles. The van der Waals surface area contributed by atoms with E-state index in [-0.39, 0.29) is 12.5 Å². The third-order valence-corrected chi connectivity index (χ3v) is 4.27. The van der Waals surface area contributed by atoms with Gasteiger partial charge in [0.15, 0.2) is 0 Å². The van der Waals surface area contributed by atoms with E-state index in [0.717, 1.165) is 39.0 Å². The molecule has 0 fully saturated rings. The lowest BCUT2D eigenvalue weighted by molar-refractivity contribution is 0.0966. The van der Waals surface area contributed by atoms with Crippen LogP contribution in [0.3, 0.4) is 0 Å². The summed E-state index contributed by atoms with van der Waals surface area (Å²) in [6, 6.07) is 13.8. The first-order valence-corrected chi connectivity index (χ1v) is 8.03. The fraction of sp³-hybridized carbons (Fsp3) is 0.211. The first-order chi connectivity index (χ1) is 11.8. The van der Waals surface area contributed by atoms with Gasteiger partial charge in [0.05, 0.1) is 12.2 Å². The molecule has 122 valence electrons. The van der Waals surface area contributed by atoms with Crippen molar-refractivity contribution >= 4 is 16.8 Å². The van der Waals surface area contributed by atoms with Gasteiger partial charge >= 0.3 is 0 Å². The third kappa shape index (κ3) is 2.53. The van der Waals surface area contributed by atoms with Crippen LogP contribution in [0.25, 0.3) is 22.2 Å². The highest BCUT2D eigenvalue weighted by Crippen LogP contribution is 2.32. The van der Waals surface area contributed by atoms with Crippen molar-refractivity contribution in [3.8, 4) is 17.0 Å². The topological polar surface area (TPSA) is 74.3 Å². The van der Waals surface area contributed by atoms with E-state index < -0.39 is 0 Å². The number of hydrogen-bond acceptors (Lipinski definition) is 3. The number of amides is 1. The lowest BCUT2D eigenvalue weighted by atomic mass is 10.0. The molecule has 0 saturated heterocycles. The summed E-state index contributed by atoms with van der Waals surface area (Å²) in [5, 5.41) is 12.7. The van der Waals surface area contributed by atoms with E-state index in [1.165, 1.54) is 0 Å². The highest BCUT2D eigenvalue weighted by atomic mass is 16.5. The molecule has 2 aromatic carbocycles. The first kappa shape index (κ1) is 14.8. The molecule has 3 N–H and O–H groups in total. The fourth-order valence-electron chi connectivity index (χ4n) is 3.10. The predicted molar refractivity (Wildman–Crippen MR) is 92.1 cm³/mol. The van der Waals surface area contributed by atoms with Crippen molar-refractivity contribution in [3.05, 3.63) is 53.6 Å². The van der Waals surface area contributed by atoms with Crippen molar-refractivity contribution < 1.29 is 14.6 Å². The largest absolute Gasteiger partial charge is 0.493 e. The minimum atomic E-state index is -0.0210. The monoisotopic (exact) mass is 322 g/mol. The number of hydrogen-bond donors (Lipinski definition) is 3. The number of aromatic amines is 1. The first-order valence-electron chi connectivity index (χ1n) is 8.03. The summed E-state index contributed by atoms with van der Waals surface area (Å²) in [6.45, 7) is 1.20. The van der Waals surface area contributed by atoms with Gasteiger partial charge in [0.25, 0.3) is 5.91 Å². The van der Waals surface area contributed by atoms with Gasteiger partial charge in [0.2, 0.25) is 0 Å². The standard InChI is InChI=1S/C19H18N2O3/c22-7-2-8-24-14-5-6-16-13(9-14)10-17(21-16)15-4-1-3-12-11-20-19(23)18(12)15/h1,3-6,9-10,21-22H,2,7-8,11H2,(H,20,23). The van der Waals surface area contributed by atoms with Crippen molar-refractivity contribution in [3.63, 3.8) is 0 Å². The number of carbonyl (C=O) groups is 1. The number of nitrogens with one attached hydrogen (secondary N) is 2. The zero-order valence-corrected chi connectivity index (χ0v) is 13.1. The van der Waals surface area contributed by atoms with Crippen LogP contribution in [-0.4, -0.2) is 29.2 Å². The maximum absolute atomic E-state index is 12.1. The summed E-state index contributed by atoms with van der Waals surface area (Å²) in [4.78, 5) is 15.5. The Morgan fingerprint density at radius 1 is 1.17 bits per heavy atom. The molecule has 4 rings (SSSR count). The molecule has 5 heteroatoms. The van der Waals surface area contributed by atoms with Crippen LogP contribution in [0.15, 0.2) is 42.5 Å². The van der Waals surface area contributed by atoms with Crippen molar-refractivity contribution in [1.29, 1.82) is 0 Å². The molecule has 0 atom stereocenters. The third-order valence-electron chi connectivity index (χ3n) is 4.27. The minimum absolute atomic E-state index is 0.0210. The Morgan fingerprint density at radius 3 is 2.96 bits per heavy atom. The number of aromatic nitrogens is 1. The summed E-state index contributed by atoms with van der Waals surface area (Å²) >= 11 is 0. The molecule has 2 heterocycles. The highest BCUT2D eigenvalue weighted by molar-refractivity contribution is 6.05. The Kier molecular flexibility index (Phi) is 3.70. The van der Waals surface area contributed by atoms with Crippen LogP contribution in [0.5, 0.6) is 5.75 Å². The normalized spacial score (nSPS) is 13.1. The second-order valence-electron chi connectivity index (χ2n) is 5.88. The lowest BCUT2D eigenvalue weighted by Crippen LogP contribution is -2.13. The van der Waals surface area contributed by atoms with E-state index in [1.54, 1.807) is 0 Å². The summed E-state index contributed by atoms with van der Waals surface area (Å²) in [5.41, 5.74) is 4.62. The van der Waals surface area contributed by atoms with E-state index in [1.807, 2.05) is 42.5 Å². The minimum Gasteiger partial charge on any atom is -0.493 e.